The van der Waals surface area contributed by atoms with Crippen LogP contribution in [0.4, 0.5) is 41.6 Å². The number of alkyl halides is 6. The van der Waals surface area contributed by atoms with Crippen LogP contribution in [0.5, 0.6) is 11.5 Å². The number of unbranched alkanes of at least 4 members (excludes halogenated alkanes) is 2. The van der Waals surface area contributed by atoms with Crippen molar-refractivity contribution in [2.45, 2.75) is 83.9 Å². The van der Waals surface area contributed by atoms with E-state index in [-0.39, 0.29) is 55.3 Å². The van der Waals surface area contributed by atoms with Crippen molar-refractivity contribution in [1.29, 1.82) is 0 Å². The fourth-order valence-electron chi connectivity index (χ4n) is 5.56. The van der Waals surface area contributed by atoms with Crippen LogP contribution in [0, 0.1) is 0 Å². The Labute approximate surface area is 280 Å². The third-order valence-electron chi connectivity index (χ3n) is 7.77. The van der Waals surface area contributed by atoms with Gasteiger partial charge < -0.3 is 23.7 Å². The van der Waals surface area contributed by atoms with E-state index in [9.17, 15) is 40.7 Å². The zero-order chi connectivity index (χ0) is 36.5. The second kappa shape index (κ2) is 16.8. The number of rotatable bonds is 13. The maximum atomic E-state index is 13.6. The van der Waals surface area contributed by atoms with Crippen molar-refractivity contribution in [1.82, 2.24) is 4.90 Å². The third kappa shape index (κ3) is 10.1. The number of fused-ring (bicyclic) bond motifs is 1. The van der Waals surface area contributed by atoms with Gasteiger partial charge in [-0.3, -0.25) is 14.6 Å². The van der Waals surface area contributed by atoms with E-state index in [4.69, 9.17) is 23.7 Å². The molecule has 2 aromatic carbocycles. The molecule has 0 fully saturated rings. The van der Waals surface area contributed by atoms with E-state index < -0.39 is 59.9 Å². The number of carbonyl (C=O) groups is 3. The minimum atomic E-state index is -5.09. The van der Waals surface area contributed by atoms with Crippen molar-refractivity contribution in [3.8, 4) is 11.5 Å². The van der Waals surface area contributed by atoms with Crippen LogP contribution in [0.2, 0.25) is 0 Å². The first kappa shape index (κ1) is 39.1. The van der Waals surface area contributed by atoms with E-state index in [0.29, 0.717) is 43.6 Å². The third-order valence-corrected chi connectivity index (χ3v) is 7.77. The average molecular weight is 707 g/mol. The molecule has 0 aliphatic carbocycles. The standard InChI is InChI=1S/C33H40F6N2O8/c1-6-47-29(42)11-9-8-10-12-49-28-18-26-24(17-27(28)45-4)25(13-20(3)41(26)31(44)48-7-2)40(30(43)46-5)19-21-14-22(32(34,35)36)16-23(15-21)33(37,38)39/h14-18,20,25H,6-13,19H2,1-5H3/t20-,25+/m0/s1. The van der Waals surface area contributed by atoms with Gasteiger partial charge in [-0.05, 0) is 76.3 Å². The summed E-state index contributed by atoms with van der Waals surface area (Å²) in [4.78, 5) is 40.3. The highest BCUT2D eigenvalue weighted by Crippen LogP contribution is 2.47. The summed E-state index contributed by atoms with van der Waals surface area (Å²) in [6, 6.07) is 2.44. The summed E-state index contributed by atoms with van der Waals surface area (Å²) in [5, 5.41) is 0. The number of esters is 1. The van der Waals surface area contributed by atoms with Gasteiger partial charge in [0.2, 0.25) is 0 Å². The molecule has 272 valence electrons. The number of halogens is 6. The monoisotopic (exact) mass is 706 g/mol. The predicted octanol–water partition coefficient (Wildman–Crippen LogP) is 8.30. The Balaban J connectivity index is 2.05. The molecule has 0 N–H and O–H groups in total. The van der Waals surface area contributed by atoms with Crippen LogP contribution in [-0.4, -0.2) is 63.1 Å². The minimum Gasteiger partial charge on any atom is -0.493 e. The molecule has 10 nitrogen and oxygen atoms in total. The summed E-state index contributed by atoms with van der Waals surface area (Å²) in [6.07, 6.45) is -9.87. The first-order chi connectivity index (χ1) is 23.0. The second-order valence-corrected chi connectivity index (χ2v) is 11.2. The van der Waals surface area contributed by atoms with Crippen LogP contribution in [0.1, 0.15) is 81.2 Å². The molecule has 0 bridgehead atoms. The largest absolute Gasteiger partial charge is 0.493 e. The molecule has 2 aromatic rings. The zero-order valence-electron chi connectivity index (χ0n) is 27.8. The van der Waals surface area contributed by atoms with Crippen molar-refractivity contribution in [2.24, 2.45) is 0 Å². The van der Waals surface area contributed by atoms with Gasteiger partial charge in [0.05, 0.1) is 56.9 Å². The summed E-state index contributed by atoms with van der Waals surface area (Å²) < 4.78 is 109. The Bertz CT molecular complexity index is 1430. The number of carbonyl (C=O) groups excluding carboxylic acids is 3. The molecular weight excluding hydrogens is 666 g/mol. The number of hydrogen-bond acceptors (Lipinski definition) is 8. The smallest absolute Gasteiger partial charge is 0.416 e. The van der Waals surface area contributed by atoms with Crippen molar-refractivity contribution in [3.05, 3.63) is 52.6 Å². The van der Waals surface area contributed by atoms with Gasteiger partial charge in [-0.25, -0.2) is 9.59 Å². The SMILES string of the molecule is CCOC(=O)CCCCCOc1cc2c(cc1OC)[C@H](N(Cc1cc(C(F)(F)F)cc(C(F)(F)F)c1)C(=O)OC)C[C@H](C)N2C(=O)OCC. The molecule has 1 aliphatic rings. The van der Waals surface area contributed by atoms with Gasteiger partial charge in [0.1, 0.15) is 0 Å². The number of benzene rings is 2. The molecule has 2 atom stereocenters. The van der Waals surface area contributed by atoms with E-state index in [1.807, 2.05) is 0 Å². The van der Waals surface area contributed by atoms with Gasteiger partial charge >= 0.3 is 30.5 Å². The maximum Gasteiger partial charge on any atom is 0.416 e. The molecule has 0 saturated carbocycles. The molecular formula is C33H40F6N2O8. The van der Waals surface area contributed by atoms with E-state index in [2.05, 4.69) is 0 Å². The van der Waals surface area contributed by atoms with Crippen molar-refractivity contribution in [2.75, 3.05) is 38.9 Å². The molecule has 49 heavy (non-hydrogen) atoms. The molecule has 0 aromatic heterocycles. The summed E-state index contributed by atoms with van der Waals surface area (Å²) in [5.41, 5.74) is -2.98. The number of anilines is 1. The summed E-state index contributed by atoms with van der Waals surface area (Å²) in [5.74, 6) is 0.125. The van der Waals surface area contributed by atoms with Crippen LogP contribution in [0.15, 0.2) is 30.3 Å². The first-order valence-corrected chi connectivity index (χ1v) is 15.6. The highest BCUT2D eigenvalue weighted by atomic mass is 19.4. The van der Waals surface area contributed by atoms with Gasteiger partial charge in [0.25, 0.3) is 0 Å². The van der Waals surface area contributed by atoms with Gasteiger partial charge in [-0.1, -0.05) is 0 Å². The molecule has 16 heteroatoms. The van der Waals surface area contributed by atoms with Gasteiger partial charge in [0.15, 0.2) is 11.5 Å². The van der Waals surface area contributed by atoms with Crippen molar-refractivity contribution >= 4 is 23.8 Å². The maximum absolute atomic E-state index is 13.6. The lowest BCUT2D eigenvalue weighted by Crippen LogP contribution is -2.47. The van der Waals surface area contributed by atoms with Gasteiger partial charge in [-0.15, -0.1) is 0 Å². The molecule has 1 aliphatic heterocycles. The topological polar surface area (TPSA) is 104 Å². The van der Waals surface area contributed by atoms with Gasteiger partial charge in [0, 0.05) is 30.6 Å². The quantitative estimate of drug-likeness (QED) is 0.0887. The highest BCUT2D eigenvalue weighted by molar-refractivity contribution is 5.91. The fourth-order valence-corrected chi connectivity index (χ4v) is 5.56. The zero-order valence-corrected chi connectivity index (χ0v) is 27.8. The first-order valence-electron chi connectivity index (χ1n) is 15.6. The Morgan fingerprint density at radius 2 is 1.49 bits per heavy atom. The van der Waals surface area contributed by atoms with E-state index >= 15 is 0 Å². The molecule has 0 spiro atoms. The van der Waals surface area contributed by atoms with Crippen molar-refractivity contribution < 1.29 is 64.4 Å². The predicted molar refractivity (Wildman–Crippen MR) is 164 cm³/mol. The number of nitrogens with zero attached hydrogens (tertiary/aromatic N) is 2. The van der Waals surface area contributed by atoms with Gasteiger partial charge in [-0.2, -0.15) is 26.3 Å². The summed E-state index contributed by atoms with van der Waals surface area (Å²) in [7, 11) is 2.39. The Morgan fingerprint density at radius 3 is 2.04 bits per heavy atom. The molecule has 0 unspecified atom stereocenters. The molecule has 0 saturated heterocycles. The molecule has 0 radical (unpaired) electrons. The molecule has 3 rings (SSSR count). The van der Waals surface area contributed by atoms with Crippen LogP contribution in [-0.2, 0) is 37.9 Å². The second-order valence-electron chi connectivity index (χ2n) is 11.2. The molecule has 2 amide bonds. The number of ether oxygens (including phenoxy) is 5. The average Bonchev–Trinajstić information content (AvgIpc) is 3.03. The lowest BCUT2D eigenvalue weighted by atomic mass is 9.90. The van der Waals surface area contributed by atoms with Crippen molar-refractivity contribution in [3.63, 3.8) is 0 Å². The highest BCUT2D eigenvalue weighted by Gasteiger charge is 2.42. The Morgan fingerprint density at radius 1 is 0.857 bits per heavy atom. The number of amides is 2. The van der Waals surface area contributed by atoms with E-state index in [1.54, 1.807) is 20.8 Å². The Kier molecular flexibility index (Phi) is 13.4. The number of methoxy groups -OCH3 is 2. The van der Waals surface area contributed by atoms with Crippen LogP contribution < -0.4 is 14.4 Å². The van der Waals surface area contributed by atoms with E-state index in [0.717, 1.165) is 12.0 Å². The summed E-state index contributed by atoms with van der Waals surface area (Å²) in [6.45, 7) is 4.85. The van der Waals surface area contributed by atoms with E-state index in [1.165, 1.54) is 24.1 Å². The normalized spacial score (nSPS) is 16.0. The summed E-state index contributed by atoms with van der Waals surface area (Å²) >= 11 is 0. The lowest BCUT2D eigenvalue weighted by Gasteiger charge is -2.42. The van der Waals surface area contributed by atoms with Crippen LogP contribution in [0.25, 0.3) is 0 Å². The minimum absolute atomic E-state index is 0.00792. The Hall–Kier alpha value is -4.37. The van der Waals surface area contributed by atoms with Crippen LogP contribution in [0.3, 0.4) is 0 Å². The van der Waals surface area contributed by atoms with Crippen LogP contribution >= 0.6 is 0 Å². The fraction of sp³-hybridized carbons (Fsp3) is 0.545. The molecule has 1 heterocycles. The lowest BCUT2D eigenvalue weighted by molar-refractivity contribution is -0.144. The number of hydrogen-bond donors (Lipinski definition) is 0.